The number of carbonyl (C=O) groups excluding carboxylic acids is 1. The van der Waals surface area contributed by atoms with E-state index in [0.717, 1.165) is 51.6 Å². The molecule has 2 aliphatic rings. The van der Waals surface area contributed by atoms with Gasteiger partial charge in [-0.15, -0.1) is 0 Å². The Morgan fingerprint density at radius 2 is 1.74 bits per heavy atom. The maximum atomic E-state index is 12.8. The van der Waals surface area contributed by atoms with E-state index in [1.165, 1.54) is 18.4 Å². The second kappa shape index (κ2) is 8.64. The summed E-state index contributed by atoms with van der Waals surface area (Å²) >= 11 is 0. The Morgan fingerprint density at radius 3 is 2.48 bits per heavy atom. The Hall–Kier alpha value is -2.97. The minimum atomic E-state index is -0.144. The first-order chi connectivity index (χ1) is 15.2. The lowest BCUT2D eigenvalue weighted by atomic mass is 10.1. The minimum Gasteiger partial charge on any atom is -0.356 e. The van der Waals surface area contributed by atoms with Crippen molar-refractivity contribution in [3.8, 4) is 0 Å². The van der Waals surface area contributed by atoms with Crippen molar-refractivity contribution in [2.24, 2.45) is 0 Å². The average molecular weight is 420 g/mol. The molecular formula is C23H29N7O. The molecule has 8 heteroatoms. The summed E-state index contributed by atoms with van der Waals surface area (Å²) < 4.78 is 1.70. The van der Waals surface area contributed by atoms with E-state index in [9.17, 15) is 4.79 Å². The highest BCUT2D eigenvalue weighted by atomic mass is 16.1. The number of hydrogen-bond donors (Lipinski definition) is 1. The van der Waals surface area contributed by atoms with Crippen LogP contribution in [0.15, 0.2) is 42.7 Å². The number of anilines is 2. The van der Waals surface area contributed by atoms with Crippen LogP contribution in [0.2, 0.25) is 0 Å². The van der Waals surface area contributed by atoms with Gasteiger partial charge in [0.1, 0.15) is 11.5 Å². The predicted molar refractivity (Wildman–Crippen MR) is 122 cm³/mol. The molecule has 3 aromatic rings. The first kappa shape index (κ1) is 20.0. The van der Waals surface area contributed by atoms with Crippen molar-refractivity contribution in [3.63, 3.8) is 0 Å². The van der Waals surface area contributed by atoms with E-state index in [-0.39, 0.29) is 5.91 Å². The SMILES string of the molecule is CN1CCN(Cc2ccc(C(=O)Nc3cnn4ccc(N5CCCC5)nc34)cc2)CC1. The lowest BCUT2D eigenvalue weighted by molar-refractivity contribution is 0.102. The van der Waals surface area contributed by atoms with Gasteiger partial charge in [-0.05, 0) is 43.7 Å². The number of hydrogen-bond acceptors (Lipinski definition) is 6. The average Bonchev–Trinajstić information content (AvgIpc) is 3.46. The standard InChI is InChI=1S/C23H29N7O/c1-27-12-14-28(15-13-27)17-18-4-6-19(7-5-18)23(31)25-20-16-24-30-11-8-21(26-22(20)30)29-9-2-3-10-29/h4-8,11,16H,2-3,9-10,12-15,17H2,1H3,(H,25,31). The molecule has 1 amide bonds. The van der Waals surface area contributed by atoms with Crippen molar-refractivity contribution in [2.75, 3.05) is 56.5 Å². The number of nitrogens with one attached hydrogen (secondary N) is 1. The molecule has 0 aliphatic carbocycles. The second-order valence-corrected chi connectivity index (χ2v) is 8.54. The topological polar surface area (TPSA) is 69.0 Å². The van der Waals surface area contributed by atoms with E-state index in [0.29, 0.717) is 16.9 Å². The van der Waals surface area contributed by atoms with Crippen molar-refractivity contribution < 1.29 is 4.79 Å². The van der Waals surface area contributed by atoms with E-state index in [4.69, 9.17) is 4.98 Å². The van der Waals surface area contributed by atoms with Crippen LogP contribution >= 0.6 is 0 Å². The van der Waals surface area contributed by atoms with Crippen molar-refractivity contribution in [3.05, 3.63) is 53.9 Å². The molecule has 1 aromatic carbocycles. The van der Waals surface area contributed by atoms with Crippen LogP contribution in [0.4, 0.5) is 11.5 Å². The predicted octanol–water partition coefficient (Wildman–Crippen LogP) is 2.33. The number of nitrogens with zero attached hydrogens (tertiary/aromatic N) is 6. The van der Waals surface area contributed by atoms with Gasteiger partial charge in [0.15, 0.2) is 5.65 Å². The van der Waals surface area contributed by atoms with Crippen LogP contribution < -0.4 is 10.2 Å². The number of piperazine rings is 1. The molecular weight excluding hydrogens is 390 g/mol. The van der Waals surface area contributed by atoms with Gasteiger partial charge in [-0.1, -0.05) is 12.1 Å². The van der Waals surface area contributed by atoms with Crippen LogP contribution in [0.5, 0.6) is 0 Å². The third-order valence-corrected chi connectivity index (χ3v) is 6.25. The number of aromatic nitrogens is 3. The summed E-state index contributed by atoms with van der Waals surface area (Å²) in [4.78, 5) is 24.7. The summed E-state index contributed by atoms with van der Waals surface area (Å²) in [6, 6.07) is 9.88. The molecule has 2 fully saturated rings. The third kappa shape index (κ3) is 4.40. The number of amides is 1. The summed E-state index contributed by atoms with van der Waals surface area (Å²) in [5.74, 6) is 0.795. The molecule has 1 N–H and O–H groups in total. The van der Waals surface area contributed by atoms with Gasteiger partial charge >= 0.3 is 0 Å². The zero-order chi connectivity index (χ0) is 21.2. The normalized spacial score (nSPS) is 18.0. The van der Waals surface area contributed by atoms with Crippen LogP contribution in [0.25, 0.3) is 5.65 Å². The van der Waals surface area contributed by atoms with Crippen molar-refractivity contribution >= 4 is 23.1 Å². The summed E-state index contributed by atoms with van der Waals surface area (Å²) in [7, 11) is 2.16. The van der Waals surface area contributed by atoms with Gasteiger partial charge in [0.2, 0.25) is 0 Å². The molecule has 162 valence electrons. The highest BCUT2D eigenvalue weighted by Gasteiger charge is 2.17. The van der Waals surface area contributed by atoms with Gasteiger partial charge in [-0.3, -0.25) is 9.69 Å². The Bertz CT molecular complexity index is 1050. The lowest BCUT2D eigenvalue weighted by Gasteiger charge is -2.32. The summed E-state index contributed by atoms with van der Waals surface area (Å²) in [6.07, 6.45) is 5.95. The van der Waals surface area contributed by atoms with Crippen LogP contribution in [0.1, 0.15) is 28.8 Å². The molecule has 2 aliphatic heterocycles. The Balaban J connectivity index is 1.26. The fourth-order valence-electron chi connectivity index (χ4n) is 4.29. The van der Waals surface area contributed by atoms with Crippen molar-refractivity contribution in [2.45, 2.75) is 19.4 Å². The first-order valence-corrected chi connectivity index (χ1v) is 11.1. The number of carbonyl (C=O) groups is 1. The number of benzene rings is 1. The van der Waals surface area contributed by atoms with Gasteiger partial charge in [0.05, 0.1) is 6.20 Å². The summed E-state index contributed by atoms with van der Waals surface area (Å²) in [5.41, 5.74) is 3.17. The van der Waals surface area contributed by atoms with Gasteiger partial charge in [-0.25, -0.2) is 9.50 Å². The van der Waals surface area contributed by atoms with E-state index < -0.39 is 0 Å². The zero-order valence-electron chi connectivity index (χ0n) is 18.0. The molecule has 2 aromatic heterocycles. The highest BCUT2D eigenvalue weighted by molar-refractivity contribution is 6.06. The van der Waals surface area contributed by atoms with Gasteiger partial charge in [-0.2, -0.15) is 5.10 Å². The highest BCUT2D eigenvalue weighted by Crippen LogP contribution is 2.22. The molecule has 0 radical (unpaired) electrons. The molecule has 2 saturated heterocycles. The van der Waals surface area contributed by atoms with E-state index in [1.807, 2.05) is 36.5 Å². The van der Waals surface area contributed by atoms with Crippen LogP contribution in [-0.4, -0.2) is 76.6 Å². The Morgan fingerprint density at radius 1 is 1.00 bits per heavy atom. The largest absolute Gasteiger partial charge is 0.356 e. The quantitative estimate of drug-likeness (QED) is 0.685. The van der Waals surface area contributed by atoms with Crippen LogP contribution in [0, 0.1) is 0 Å². The molecule has 4 heterocycles. The minimum absolute atomic E-state index is 0.144. The monoisotopic (exact) mass is 419 g/mol. The fourth-order valence-corrected chi connectivity index (χ4v) is 4.29. The lowest BCUT2D eigenvalue weighted by Crippen LogP contribution is -2.43. The smallest absolute Gasteiger partial charge is 0.255 e. The van der Waals surface area contributed by atoms with Gasteiger partial charge in [0, 0.05) is 57.6 Å². The first-order valence-electron chi connectivity index (χ1n) is 11.1. The number of rotatable bonds is 5. The molecule has 8 nitrogen and oxygen atoms in total. The molecule has 0 bridgehead atoms. The molecule has 31 heavy (non-hydrogen) atoms. The van der Waals surface area contributed by atoms with Crippen molar-refractivity contribution in [1.82, 2.24) is 24.4 Å². The molecule has 5 rings (SSSR count). The summed E-state index contributed by atoms with van der Waals surface area (Å²) in [5, 5.41) is 7.32. The molecule has 0 atom stereocenters. The zero-order valence-corrected chi connectivity index (χ0v) is 18.0. The second-order valence-electron chi connectivity index (χ2n) is 8.54. The van der Waals surface area contributed by atoms with Gasteiger partial charge in [0.25, 0.3) is 5.91 Å². The number of likely N-dealkylation sites (N-methyl/N-ethyl adjacent to an activating group) is 1. The maximum Gasteiger partial charge on any atom is 0.255 e. The van der Waals surface area contributed by atoms with E-state index >= 15 is 0 Å². The maximum absolute atomic E-state index is 12.8. The Kier molecular flexibility index (Phi) is 5.57. The number of fused-ring (bicyclic) bond motifs is 1. The Labute approximate surface area is 182 Å². The van der Waals surface area contributed by atoms with Crippen molar-refractivity contribution in [1.29, 1.82) is 0 Å². The molecule has 0 unspecified atom stereocenters. The van der Waals surface area contributed by atoms with Crippen LogP contribution in [-0.2, 0) is 6.54 Å². The fraction of sp³-hybridized carbons (Fsp3) is 0.435. The van der Waals surface area contributed by atoms with Crippen LogP contribution in [0.3, 0.4) is 0 Å². The van der Waals surface area contributed by atoms with Gasteiger partial charge < -0.3 is 15.1 Å². The summed E-state index contributed by atoms with van der Waals surface area (Å²) in [6.45, 7) is 7.35. The molecule has 0 spiro atoms. The van der Waals surface area contributed by atoms with E-state index in [2.05, 4.69) is 32.2 Å². The van der Waals surface area contributed by atoms with E-state index in [1.54, 1.807) is 10.7 Å². The third-order valence-electron chi connectivity index (χ3n) is 6.25. The molecule has 0 saturated carbocycles.